The van der Waals surface area contributed by atoms with Crippen LogP contribution < -0.4 is 11.2 Å². The number of nitrogens with one attached hydrogen (secondary N) is 1. The maximum Gasteiger partial charge on any atom is 0.351 e. The summed E-state index contributed by atoms with van der Waals surface area (Å²) in [5.41, 5.74) is -2.87. The first-order chi connectivity index (χ1) is 10.8. The number of fused-ring (bicyclic) bond motifs is 1. The first-order valence-corrected chi connectivity index (χ1v) is 6.47. The Balaban J connectivity index is 2.18. The Hall–Kier alpha value is -2.21. The highest BCUT2D eigenvalue weighted by Crippen LogP contribution is 2.28. The molecule has 2 aromatic heterocycles. The first kappa shape index (κ1) is 15.7. The summed E-state index contributed by atoms with van der Waals surface area (Å²) < 4.78 is 32.9. The van der Waals surface area contributed by atoms with Crippen molar-refractivity contribution in [2.24, 2.45) is 0 Å². The van der Waals surface area contributed by atoms with Crippen molar-refractivity contribution in [2.75, 3.05) is 6.61 Å². The second-order valence-corrected chi connectivity index (χ2v) is 5.00. The fraction of sp³-hybridized carbons (Fsp3) is 0.417. The van der Waals surface area contributed by atoms with Crippen LogP contribution in [0.1, 0.15) is 6.23 Å². The topological polar surface area (TPSA) is 138 Å². The van der Waals surface area contributed by atoms with Crippen molar-refractivity contribution in [3.63, 3.8) is 0 Å². The normalized spacial score (nSPS) is 27.7. The summed E-state index contributed by atoms with van der Waals surface area (Å²) in [5, 5.41) is 28.1. The molecule has 11 heteroatoms. The van der Waals surface area contributed by atoms with Crippen molar-refractivity contribution in [1.29, 1.82) is 0 Å². The smallest absolute Gasteiger partial charge is 0.351 e. The third-order valence-electron chi connectivity index (χ3n) is 3.60. The van der Waals surface area contributed by atoms with Gasteiger partial charge in [-0.15, -0.1) is 0 Å². The quantitative estimate of drug-likeness (QED) is 0.498. The molecule has 4 N–H and O–H groups in total. The molecule has 124 valence electrons. The lowest BCUT2D eigenvalue weighted by Crippen LogP contribution is -2.36. The summed E-state index contributed by atoms with van der Waals surface area (Å²) in [6, 6.07) is 0. The molecule has 1 saturated heterocycles. The fourth-order valence-corrected chi connectivity index (χ4v) is 2.40. The van der Waals surface area contributed by atoms with Gasteiger partial charge in [0, 0.05) is 6.20 Å². The van der Waals surface area contributed by atoms with Gasteiger partial charge in [-0.3, -0.25) is 9.36 Å². The molecule has 9 nitrogen and oxygen atoms in total. The molecular formula is C12H11F2N3O6. The second-order valence-electron chi connectivity index (χ2n) is 5.00. The average Bonchev–Trinajstić information content (AvgIpc) is 2.80. The van der Waals surface area contributed by atoms with Crippen LogP contribution in [0.25, 0.3) is 11.0 Å². The SMILES string of the molecule is O=c1[nH]c2nc(=O)n(C3OC(CO)C(O)C3O)cc2c(F)c1F. The van der Waals surface area contributed by atoms with Crippen LogP contribution in [0.2, 0.25) is 0 Å². The van der Waals surface area contributed by atoms with Crippen molar-refractivity contribution in [1.82, 2.24) is 14.5 Å². The molecule has 1 aliphatic rings. The largest absolute Gasteiger partial charge is 0.394 e. The second kappa shape index (κ2) is 5.45. The van der Waals surface area contributed by atoms with Crippen LogP contribution in [-0.4, -0.2) is 54.8 Å². The zero-order valence-corrected chi connectivity index (χ0v) is 11.3. The number of halogens is 2. The zero-order chi connectivity index (χ0) is 16.9. The third kappa shape index (κ3) is 2.34. The molecule has 2 aromatic rings. The molecule has 0 radical (unpaired) electrons. The number of ether oxygens (including phenoxy) is 1. The van der Waals surface area contributed by atoms with Gasteiger partial charge in [0.1, 0.15) is 18.3 Å². The Morgan fingerprint density at radius 3 is 2.57 bits per heavy atom. The molecule has 4 unspecified atom stereocenters. The van der Waals surface area contributed by atoms with Crippen molar-refractivity contribution < 1.29 is 28.8 Å². The summed E-state index contributed by atoms with van der Waals surface area (Å²) >= 11 is 0. The molecular weight excluding hydrogens is 320 g/mol. The molecule has 0 aromatic carbocycles. The maximum absolute atomic E-state index is 13.8. The van der Waals surface area contributed by atoms with Crippen molar-refractivity contribution in [2.45, 2.75) is 24.5 Å². The number of aliphatic hydroxyl groups excluding tert-OH is 3. The van der Waals surface area contributed by atoms with Crippen molar-refractivity contribution in [3.8, 4) is 0 Å². The van der Waals surface area contributed by atoms with E-state index in [-0.39, 0.29) is 0 Å². The van der Waals surface area contributed by atoms with Crippen LogP contribution in [0, 0.1) is 11.6 Å². The van der Waals surface area contributed by atoms with E-state index in [1.807, 2.05) is 4.98 Å². The Kier molecular flexibility index (Phi) is 3.72. The first-order valence-electron chi connectivity index (χ1n) is 6.47. The monoisotopic (exact) mass is 331 g/mol. The van der Waals surface area contributed by atoms with Crippen LogP contribution in [0.5, 0.6) is 0 Å². The van der Waals surface area contributed by atoms with Gasteiger partial charge in [-0.25, -0.2) is 9.18 Å². The van der Waals surface area contributed by atoms with Crippen LogP contribution in [-0.2, 0) is 4.74 Å². The molecule has 0 spiro atoms. The van der Waals surface area contributed by atoms with Crippen LogP contribution in [0.15, 0.2) is 15.8 Å². The minimum atomic E-state index is -1.68. The lowest BCUT2D eigenvalue weighted by molar-refractivity contribution is -0.0547. The molecule has 3 rings (SSSR count). The molecule has 1 fully saturated rings. The number of pyridine rings is 1. The number of rotatable bonds is 2. The number of hydrogen-bond acceptors (Lipinski definition) is 7. The van der Waals surface area contributed by atoms with Gasteiger partial charge >= 0.3 is 5.69 Å². The molecule has 0 aliphatic carbocycles. The van der Waals surface area contributed by atoms with Gasteiger partial charge in [-0.1, -0.05) is 0 Å². The van der Waals surface area contributed by atoms with Crippen LogP contribution in [0.3, 0.4) is 0 Å². The molecule has 3 heterocycles. The van der Waals surface area contributed by atoms with E-state index in [1.54, 1.807) is 0 Å². The average molecular weight is 331 g/mol. The summed E-state index contributed by atoms with van der Waals surface area (Å²) in [6.07, 6.45) is -4.89. The van der Waals surface area contributed by atoms with E-state index in [2.05, 4.69) is 4.98 Å². The van der Waals surface area contributed by atoms with E-state index in [1.165, 1.54) is 0 Å². The van der Waals surface area contributed by atoms with E-state index in [9.17, 15) is 28.6 Å². The minimum absolute atomic E-state index is 0.470. The maximum atomic E-state index is 13.8. The Morgan fingerprint density at radius 2 is 1.96 bits per heavy atom. The van der Waals surface area contributed by atoms with Gasteiger partial charge in [0.25, 0.3) is 5.56 Å². The summed E-state index contributed by atoms with van der Waals surface area (Å²) in [5.74, 6) is -3.19. The van der Waals surface area contributed by atoms with Gasteiger partial charge in [-0.05, 0) is 0 Å². The molecule has 0 saturated carbocycles. The van der Waals surface area contributed by atoms with Crippen LogP contribution >= 0.6 is 0 Å². The van der Waals surface area contributed by atoms with Gasteiger partial charge in [0.2, 0.25) is 5.82 Å². The predicted octanol–water partition coefficient (Wildman–Crippen LogP) is -2.03. The number of aromatic amines is 1. The van der Waals surface area contributed by atoms with E-state index in [0.717, 1.165) is 6.20 Å². The highest BCUT2D eigenvalue weighted by atomic mass is 19.2. The summed E-state index contributed by atoms with van der Waals surface area (Å²) in [7, 11) is 0. The minimum Gasteiger partial charge on any atom is -0.394 e. The summed E-state index contributed by atoms with van der Waals surface area (Å²) in [6.45, 7) is -0.624. The molecule has 4 atom stereocenters. The van der Waals surface area contributed by atoms with Gasteiger partial charge < -0.3 is 25.0 Å². The van der Waals surface area contributed by atoms with E-state index >= 15 is 0 Å². The Bertz CT molecular complexity index is 881. The van der Waals surface area contributed by atoms with Gasteiger partial charge in [0.15, 0.2) is 17.7 Å². The lowest BCUT2D eigenvalue weighted by atomic mass is 10.1. The van der Waals surface area contributed by atoms with Crippen molar-refractivity contribution >= 4 is 11.0 Å². The van der Waals surface area contributed by atoms with Gasteiger partial charge in [0.05, 0.1) is 12.0 Å². The molecule has 0 amide bonds. The third-order valence-corrected chi connectivity index (χ3v) is 3.60. The number of aliphatic hydroxyl groups is 3. The highest BCUT2D eigenvalue weighted by molar-refractivity contribution is 5.73. The Labute approximate surface area is 125 Å². The fourth-order valence-electron chi connectivity index (χ4n) is 2.40. The highest BCUT2D eigenvalue weighted by Gasteiger charge is 2.43. The standard InChI is InChI=1S/C12H11F2N3O6/c13-5-3-1-17(11-8(20)7(19)4(2-18)23-11)12(22)16-9(3)15-10(21)6(5)14/h1,4,7-8,11,18-20H,2H2,(H,15,16,21,22). The van der Waals surface area contributed by atoms with Gasteiger partial charge in [-0.2, -0.15) is 9.37 Å². The number of H-pyrrole nitrogens is 1. The van der Waals surface area contributed by atoms with Crippen LogP contribution in [0.4, 0.5) is 8.78 Å². The predicted molar refractivity (Wildman–Crippen MR) is 69.5 cm³/mol. The van der Waals surface area contributed by atoms with Crippen molar-refractivity contribution in [3.05, 3.63) is 38.7 Å². The number of aromatic nitrogens is 3. The summed E-state index contributed by atoms with van der Waals surface area (Å²) in [4.78, 5) is 28.4. The number of nitrogens with zero attached hydrogens (tertiary/aromatic N) is 2. The van der Waals surface area contributed by atoms with E-state index in [4.69, 9.17) is 9.84 Å². The Morgan fingerprint density at radius 1 is 1.26 bits per heavy atom. The molecule has 23 heavy (non-hydrogen) atoms. The lowest BCUT2D eigenvalue weighted by Gasteiger charge is -2.17. The zero-order valence-electron chi connectivity index (χ0n) is 11.3. The number of hydrogen-bond donors (Lipinski definition) is 4. The van der Waals surface area contributed by atoms with E-state index in [0.29, 0.717) is 4.57 Å². The molecule has 1 aliphatic heterocycles. The molecule has 0 bridgehead atoms. The van der Waals surface area contributed by atoms with E-state index < -0.39 is 65.1 Å².